The van der Waals surface area contributed by atoms with Gasteiger partial charge in [0.05, 0.1) is 5.69 Å². The van der Waals surface area contributed by atoms with Crippen LogP contribution in [0.15, 0.2) is 12.3 Å². The maximum Gasteiger partial charge on any atom is 0.0521 e. The number of likely N-dealkylation sites (tertiary alicyclic amines) is 1. The summed E-state index contributed by atoms with van der Waals surface area (Å²) in [7, 11) is 2.00. The van der Waals surface area contributed by atoms with E-state index in [2.05, 4.69) is 16.1 Å². The molecule has 0 spiro atoms. The predicted molar refractivity (Wildman–Crippen MR) is 60.3 cm³/mol. The molecule has 0 saturated carbocycles. The smallest absolute Gasteiger partial charge is 0.0521 e. The minimum Gasteiger partial charge on any atom is -0.329 e. The zero-order chi connectivity index (χ0) is 10.7. The number of nitrogens with zero attached hydrogens (tertiary/aromatic N) is 3. The van der Waals surface area contributed by atoms with Crippen molar-refractivity contribution in [1.29, 1.82) is 0 Å². The van der Waals surface area contributed by atoms with Crippen LogP contribution in [0.1, 0.15) is 25.0 Å². The zero-order valence-electron chi connectivity index (χ0n) is 9.39. The molecule has 1 atom stereocenters. The van der Waals surface area contributed by atoms with E-state index < -0.39 is 0 Å². The fourth-order valence-electron chi connectivity index (χ4n) is 2.30. The van der Waals surface area contributed by atoms with Crippen LogP contribution in [-0.2, 0) is 13.6 Å². The second kappa shape index (κ2) is 4.77. The molecule has 15 heavy (non-hydrogen) atoms. The van der Waals surface area contributed by atoms with Gasteiger partial charge in [-0.1, -0.05) is 6.42 Å². The summed E-state index contributed by atoms with van der Waals surface area (Å²) in [5, 5.41) is 4.19. The average Bonchev–Trinajstić information content (AvgIpc) is 2.65. The van der Waals surface area contributed by atoms with E-state index in [1.807, 2.05) is 17.9 Å². The molecule has 1 aliphatic heterocycles. The number of aryl methyl sites for hydroxylation is 1. The SMILES string of the molecule is Cn1nccc1CN1CCCC[C@H]1CN. The van der Waals surface area contributed by atoms with E-state index >= 15 is 0 Å². The molecule has 1 aliphatic rings. The summed E-state index contributed by atoms with van der Waals surface area (Å²) >= 11 is 0. The van der Waals surface area contributed by atoms with E-state index in [-0.39, 0.29) is 0 Å². The minimum absolute atomic E-state index is 0.564. The maximum absolute atomic E-state index is 5.80. The topological polar surface area (TPSA) is 47.1 Å². The average molecular weight is 208 g/mol. The molecular weight excluding hydrogens is 188 g/mol. The first-order valence-corrected chi connectivity index (χ1v) is 5.72. The molecule has 0 aromatic carbocycles. The highest BCUT2D eigenvalue weighted by Gasteiger charge is 2.21. The van der Waals surface area contributed by atoms with E-state index in [0.29, 0.717) is 6.04 Å². The third-order valence-electron chi connectivity index (χ3n) is 3.31. The highest BCUT2D eigenvalue weighted by molar-refractivity contribution is 5.00. The fraction of sp³-hybridized carbons (Fsp3) is 0.727. The number of piperidine rings is 1. The van der Waals surface area contributed by atoms with Crippen molar-refractivity contribution < 1.29 is 0 Å². The molecule has 84 valence electrons. The molecule has 2 heterocycles. The van der Waals surface area contributed by atoms with Crippen LogP contribution in [-0.4, -0.2) is 33.8 Å². The number of aromatic nitrogens is 2. The normalized spacial score (nSPS) is 23.2. The van der Waals surface area contributed by atoms with Gasteiger partial charge in [-0.25, -0.2) is 0 Å². The van der Waals surface area contributed by atoms with Crippen molar-refractivity contribution in [2.45, 2.75) is 31.8 Å². The lowest BCUT2D eigenvalue weighted by Gasteiger charge is -2.34. The number of hydrogen-bond donors (Lipinski definition) is 1. The van der Waals surface area contributed by atoms with Crippen molar-refractivity contribution >= 4 is 0 Å². The summed E-state index contributed by atoms with van der Waals surface area (Å²) in [5.74, 6) is 0. The molecule has 0 amide bonds. The molecule has 2 rings (SSSR count). The lowest BCUT2D eigenvalue weighted by Crippen LogP contribution is -2.43. The Hall–Kier alpha value is -0.870. The summed E-state index contributed by atoms with van der Waals surface area (Å²) in [6, 6.07) is 2.65. The molecule has 0 unspecified atom stereocenters. The van der Waals surface area contributed by atoms with Crippen LogP contribution in [0.2, 0.25) is 0 Å². The quantitative estimate of drug-likeness (QED) is 0.796. The minimum atomic E-state index is 0.564. The Morgan fingerprint density at radius 1 is 1.53 bits per heavy atom. The van der Waals surface area contributed by atoms with E-state index in [9.17, 15) is 0 Å². The summed E-state index contributed by atoms with van der Waals surface area (Å²) in [6.45, 7) is 2.93. The molecule has 0 aliphatic carbocycles. The summed E-state index contributed by atoms with van der Waals surface area (Å²) in [6.07, 6.45) is 5.73. The van der Waals surface area contributed by atoms with Gasteiger partial charge >= 0.3 is 0 Å². The molecular formula is C11H20N4. The Kier molecular flexibility index (Phi) is 3.38. The molecule has 4 heteroatoms. The molecule has 2 N–H and O–H groups in total. The van der Waals surface area contributed by atoms with Crippen LogP contribution in [0.3, 0.4) is 0 Å². The standard InChI is InChI=1S/C11H20N4/c1-14-11(5-6-13-14)9-15-7-3-2-4-10(15)8-12/h5-6,10H,2-4,7-9,12H2,1H3/t10-/m0/s1. The lowest BCUT2D eigenvalue weighted by molar-refractivity contribution is 0.141. The molecule has 1 aromatic rings. The van der Waals surface area contributed by atoms with Crippen molar-refractivity contribution in [3.63, 3.8) is 0 Å². The number of rotatable bonds is 3. The van der Waals surface area contributed by atoms with Gasteiger partial charge in [-0.3, -0.25) is 9.58 Å². The summed E-state index contributed by atoms with van der Waals surface area (Å²) in [4.78, 5) is 2.49. The van der Waals surface area contributed by atoms with E-state index in [1.165, 1.54) is 31.5 Å². The van der Waals surface area contributed by atoms with E-state index in [4.69, 9.17) is 5.73 Å². The van der Waals surface area contributed by atoms with Crippen LogP contribution < -0.4 is 5.73 Å². The van der Waals surface area contributed by atoms with Gasteiger partial charge < -0.3 is 5.73 Å². The van der Waals surface area contributed by atoms with Crippen molar-refractivity contribution in [2.24, 2.45) is 12.8 Å². The first-order chi connectivity index (χ1) is 7.31. The number of hydrogen-bond acceptors (Lipinski definition) is 3. The summed E-state index contributed by atoms with van der Waals surface area (Å²) < 4.78 is 1.95. The van der Waals surface area contributed by atoms with E-state index in [0.717, 1.165) is 13.1 Å². The van der Waals surface area contributed by atoms with Crippen molar-refractivity contribution in [2.75, 3.05) is 13.1 Å². The first-order valence-electron chi connectivity index (χ1n) is 5.72. The largest absolute Gasteiger partial charge is 0.329 e. The second-order valence-electron chi connectivity index (χ2n) is 4.30. The van der Waals surface area contributed by atoms with Gasteiger partial charge in [0.25, 0.3) is 0 Å². The first kappa shape index (κ1) is 10.6. The van der Waals surface area contributed by atoms with Gasteiger partial charge in [-0.05, 0) is 25.5 Å². The van der Waals surface area contributed by atoms with Crippen LogP contribution in [0.5, 0.6) is 0 Å². The Bertz CT molecular complexity index is 307. The second-order valence-corrected chi connectivity index (χ2v) is 4.30. The molecule has 0 bridgehead atoms. The van der Waals surface area contributed by atoms with Gasteiger partial charge in [0.15, 0.2) is 0 Å². The van der Waals surface area contributed by atoms with Crippen molar-refractivity contribution in [3.05, 3.63) is 18.0 Å². The van der Waals surface area contributed by atoms with Gasteiger partial charge in [0, 0.05) is 32.4 Å². The zero-order valence-corrected chi connectivity index (χ0v) is 9.39. The van der Waals surface area contributed by atoms with Gasteiger partial charge in [0.1, 0.15) is 0 Å². The molecule has 4 nitrogen and oxygen atoms in total. The van der Waals surface area contributed by atoms with Crippen LogP contribution in [0, 0.1) is 0 Å². The molecule has 0 radical (unpaired) electrons. The third-order valence-corrected chi connectivity index (χ3v) is 3.31. The Balaban J connectivity index is 2.00. The van der Waals surface area contributed by atoms with Gasteiger partial charge in [-0.15, -0.1) is 0 Å². The Morgan fingerprint density at radius 3 is 3.07 bits per heavy atom. The summed E-state index contributed by atoms with van der Waals surface area (Å²) in [5.41, 5.74) is 7.07. The predicted octanol–water partition coefficient (Wildman–Crippen LogP) is 0.733. The fourth-order valence-corrected chi connectivity index (χ4v) is 2.30. The van der Waals surface area contributed by atoms with Crippen molar-refractivity contribution in [1.82, 2.24) is 14.7 Å². The molecule has 1 aromatic heterocycles. The molecule has 1 saturated heterocycles. The maximum atomic E-state index is 5.80. The lowest BCUT2D eigenvalue weighted by atomic mass is 10.0. The van der Waals surface area contributed by atoms with Gasteiger partial charge in [0.2, 0.25) is 0 Å². The highest BCUT2D eigenvalue weighted by atomic mass is 15.3. The number of nitrogens with two attached hydrogens (primary N) is 1. The Morgan fingerprint density at radius 2 is 2.40 bits per heavy atom. The Labute approximate surface area is 91.1 Å². The van der Waals surface area contributed by atoms with Gasteiger partial charge in [-0.2, -0.15) is 5.10 Å². The monoisotopic (exact) mass is 208 g/mol. The van der Waals surface area contributed by atoms with Crippen LogP contribution >= 0.6 is 0 Å². The highest BCUT2D eigenvalue weighted by Crippen LogP contribution is 2.18. The van der Waals surface area contributed by atoms with Crippen LogP contribution in [0.4, 0.5) is 0 Å². The van der Waals surface area contributed by atoms with E-state index in [1.54, 1.807) is 0 Å². The van der Waals surface area contributed by atoms with Crippen molar-refractivity contribution in [3.8, 4) is 0 Å². The third kappa shape index (κ3) is 2.38. The van der Waals surface area contributed by atoms with Crippen LogP contribution in [0.25, 0.3) is 0 Å². The molecule has 1 fully saturated rings.